The molecule has 6 nitrogen and oxygen atoms in total. The monoisotopic (exact) mass is 429 g/mol. The lowest BCUT2D eigenvalue weighted by molar-refractivity contribution is -0.154. The summed E-state index contributed by atoms with van der Waals surface area (Å²) in [5, 5.41) is 3.32. The molecule has 1 heterocycles. The number of hydrogen-bond donors (Lipinski definition) is 1. The molecule has 0 aromatic heterocycles. The Morgan fingerprint density at radius 1 is 1.03 bits per heavy atom. The maximum atomic E-state index is 13.1. The van der Waals surface area contributed by atoms with Crippen molar-refractivity contribution in [3.63, 3.8) is 0 Å². The SMILES string of the molecule is O=C(COC(=O)C1(c2ccc3c(c2)OCCO3)CCCC1)NCc1ccccc1Cl. The van der Waals surface area contributed by atoms with E-state index in [4.69, 9.17) is 25.8 Å². The Morgan fingerprint density at radius 2 is 1.77 bits per heavy atom. The summed E-state index contributed by atoms with van der Waals surface area (Å²) in [5.41, 5.74) is 0.909. The summed E-state index contributed by atoms with van der Waals surface area (Å²) in [4.78, 5) is 25.3. The molecule has 1 aliphatic heterocycles. The number of ether oxygens (including phenoxy) is 3. The fourth-order valence-corrected chi connectivity index (χ4v) is 4.29. The van der Waals surface area contributed by atoms with Gasteiger partial charge >= 0.3 is 5.97 Å². The van der Waals surface area contributed by atoms with Crippen LogP contribution in [0.15, 0.2) is 42.5 Å². The van der Waals surface area contributed by atoms with Crippen molar-refractivity contribution in [3.8, 4) is 11.5 Å². The molecular formula is C23H24ClNO5. The predicted molar refractivity (Wildman–Crippen MR) is 112 cm³/mol. The molecule has 0 bridgehead atoms. The minimum Gasteiger partial charge on any atom is -0.486 e. The van der Waals surface area contributed by atoms with E-state index in [1.807, 2.05) is 36.4 Å². The van der Waals surface area contributed by atoms with Crippen LogP contribution < -0.4 is 14.8 Å². The Labute approximate surface area is 180 Å². The van der Waals surface area contributed by atoms with E-state index in [1.165, 1.54) is 0 Å². The first-order valence-electron chi connectivity index (χ1n) is 10.2. The van der Waals surface area contributed by atoms with E-state index in [1.54, 1.807) is 6.07 Å². The Kier molecular flexibility index (Phi) is 6.13. The van der Waals surface area contributed by atoms with E-state index in [2.05, 4.69) is 5.32 Å². The lowest BCUT2D eigenvalue weighted by Gasteiger charge is -2.28. The summed E-state index contributed by atoms with van der Waals surface area (Å²) in [7, 11) is 0. The summed E-state index contributed by atoms with van der Waals surface area (Å²) < 4.78 is 16.7. The molecule has 1 fully saturated rings. The number of hydrogen-bond acceptors (Lipinski definition) is 5. The molecule has 4 rings (SSSR count). The van der Waals surface area contributed by atoms with Gasteiger partial charge in [-0.15, -0.1) is 0 Å². The van der Waals surface area contributed by atoms with Crippen LogP contribution in [0, 0.1) is 0 Å². The van der Waals surface area contributed by atoms with E-state index in [0.717, 1.165) is 24.0 Å². The molecule has 1 aliphatic carbocycles. The minimum atomic E-state index is -0.751. The molecule has 2 aliphatic rings. The molecule has 2 aromatic rings. The molecule has 0 saturated heterocycles. The van der Waals surface area contributed by atoms with Crippen LogP contribution in [0.1, 0.15) is 36.8 Å². The highest BCUT2D eigenvalue weighted by Crippen LogP contribution is 2.45. The Balaban J connectivity index is 1.40. The summed E-state index contributed by atoms with van der Waals surface area (Å²) in [6, 6.07) is 12.9. The van der Waals surface area contributed by atoms with Crippen LogP contribution in [0.25, 0.3) is 0 Å². The molecular weight excluding hydrogens is 406 g/mol. The van der Waals surface area contributed by atoms with Gasteiger partial charge in [-0.1, -0.05) is 48.7 Å². The van der Waals surface area contributed by atoms with E-state index in [9.17, 15) is 9.59 Å². The molecule has 1 N–H and O–H groups in total. The molecule has 7 heteroatoms. The maximum Gasteiger partial charge on any atom is 0.317 e. The van der Waals surface area contributed by atoms with Gasteiger partial charge in [-0.3, -0.25) is 9.59 Å². The number of fused-ring (bicyclic) bond motifs is 1. The van der Waals surface area contributed by atoms with E-state index >= 15 is 0 Å². The Morgan fingerprint density at radius 3 is 2.53 bits per heavy atom. The molecule has 0 radical (unpaired) electrons. The van der Waals surface area contributed by atoms with Crippen molar-refractivity contribution in [3.05, 3.63) is 58.6 Å². The first-order valence-corrected chi connectivity index (χ1v) is 10.5. The quantitative estimate of drug-likeness (QED) is 0.707. The van der Waals surface area contributed by atoms with Crippen LogP contribution in [0.3, 0.4) is 0 Å². The number of esters is 1. The third kappa shape index (κ3) is 4.24. The summed E-state index contributed by atoms with van der Waals surface area (Å²) in [5.74, 6) is 0.601. The van der Waals surface area contributed by atoms with Crippen LogP contribution >= 0.6 is 11.6 Å². The van der Waals surface area contributed by atoms with Crippen LogP contribution in [0.5, 0.6) is 11.5 Å². The van der Waals surface area contributed by atoms with Gasteiger partial charge < -0.3 is 19.5 Å². The fourth-order valence-electron chi connectivity index (χ4n) is 4.09. The van der Waals surface area contributed by atoms with Gasteiger partial charge in [0, 0.05) is 11.6 Å². The van der Waals surface area contributed by atoms with Gasteiger partial charge in [-0.2, -0.15) is 0 Å². The second-order valence-corrected chi connectivity index (χ2v) is 8.00. The predicted octanol–water partition coefficient (Wildman–Crippen LogP) is 3.78. The largest absolute Gasteiger partial charge is 0.486 e. The van der Waals surface area contributed by atoms with Crippen LogP contribution in [-0.2, 0) is 26.3 Å². The van der Waals surface area contributed by atoms with E-state index in [0.29, 0.717) is 42.6 Å². The maximum absolute atomic E-state index is 13.1. The lowest BCUT2D eigenvalue weighted by atomic mass is 9.78. The third-order valence-corrected chi connectivity index (χ3v) is 6.08. The zero-order chi connectivity index (χ0) is 21.0. The van der Waals surface area contributed by atoms with Crippen molar-refractivity contribution in [2.24, 2.45) is 0 Å². The Hall–Kier alpha value is -2.73. The average molecular weight is 430 g/mol. The highest BCUT2D eigenvalue weighted by Gasteiger charge is 2.45. The lowest BCUT2D eigenvalue weighted by Crippen LogP contribution is -2.37. The molecule has 30 heavy (non-hydrogen) atoms. The molecule has 0 unspecified atom stereocenters. The third-order valence-electron chi connectivity index (χ3n) is 5.71. The number of carbonyl (C=O) groups excluding carboxylic acids is 2. The number of carbonyl (C=O) groups is 2. The van der Waals surface area contributed by atoms with Crippen molar-refractivity contribution in [1.29, 1.82) is 0 Å². The van der Waals surface area contributed by atoms with E-state index < -0.39 is 5.41 Å². The molecule has 1 saturated carbocycles. The fraction of sp³-hybridized carbons (Fsp3) is 0.391. The molecule has 158 valence electrons. The normalized spacial score (nSPS) is 16.7. The van der Waals surface area contributed by atoms with Crippen molar-refractivity contribution in [2.45, 2.75) is 37.6 Å². The van der Waals surface area contributed by atoms with Gasteiger partial charge in [0.1, 0.15) is 13.2 Å². The van der Waals surface area contributed by atoms with Gasteiger partial charge in [0.05, 0.1) is 5.41 Å². The van der Waals surface area contributed by atoms with Gasteiger partial charge in [0.15, 0.2) is 18.1 Å². The molecule has 0 atom stereocenters. The van der Waals surface area contributed by atoms with E-state index in [-0.39, 0.29) is 25.0 Å². The summed E-state index contributed by atoms with van der Waals surface area (Å²) >= 11 is 6.10. The Bertz CT molecular complexity index is 939. The average Bonchev–Trinajstić information content (AvgIpc) is 3.28. The van der Waals surface area contributed by atoms with Crippen LogP contribution in [-0.4, -0.2) is 31.7 Å². The van der Waals surface area contributed by atoms with Crippen molar-refractivity contribution < 1.29 is 23.8 Å². The van der Waals surface area contributed by atoms with Crippen LogP contribution in [0.2, 0.25) is 5.02 Å². The second kappa shape index (κ2) is 8.96. The smallest absolute Gasteiger partial charge is 0.317 e. The summed E-state index contributed by atoms with van der Waals surface area (Å²) in [6.45, 7) is 0.960. The van der Waals surface area contributed by atoms with Crippen molar-refractivity contribution >= 4 is 23.5 Å². The molecule has 0 spiro atoms. The van der Waals surface area contributed by atoms with Gasteiger partial charge in [0.2, 0.25) is 0 Å². The topological polar surface area (TPSA) is 73.9 Å². The molecule has 2 aromatic carbocycles. The van der Waals surface area contributed by atoms with Gasteiger partial charge in [-0.25, -0.2) is 0 Å². The highest BCUT2D eigenvalue weighted by atomic mass is 35.5. The van der Waals surface area contributed by atoms with Gasteiger partial charge in [-0.05, 0) is 42.2 Å². The number of nitrogens with one attached hydrogen (secondary N) is 1. The second-order valence-electron chi connectivity index (χ2n) is 7.59. The number of rotatable bonds is 6. The first-order chi connectivity index (χ1) is 14.6. The standard InChI is InChI=1S/C23H24ClNO5/c24-18-6-2-1-5-16(18)14-25-21(26)15-30-22(27)23(9-3-4-10-23)17-7-8-19-20(13-17)29-12-11-28-19/h1-2,5-8,13H,3-4,9-12,14-15H2,(H,25,26). The summed E-state index contributed by atoms with van der Waals surface area (Å²) in [6.07, 6.45) is 3.24. The zero-order valence-electron chi connectivity index (χ0n) is 16.6. The minimum absolute atomic E-state index is 0.281. The number of halogens is 1. The first kappa shape index (κ1) is 20.5. The van der Waals surface area contributed by atoms with Crippen molar-refractivity contribution in [1.82, 2.24) is 5.32 Å². The van der Waals surface area contributed by atoms with Gasteiger partial charge in [0.25, 0.3) is 5.91 Å². The zero-order valence-corrected chi connectivity index (χ0v) is 17.4. The number of benzene rings is 2. The number of amides is 1. The van der Waals surface area contributed by atoms with Crippen LogP contribution in [0.4, 0.5) is 0 Å². The molecule has 1 amide bonds. The highest BCUT2D eigenvalue weighted by molar-refractivity contribution is 6.31. The van der Waals surface area contributed by atoms with Crippen molar-refractivity contribution in [2.75, 3.05) is 19.8 Å².